The molecule has 0 radical (unpaired) electrons. The first kappa shape index (κ1) is 21.2. The summed E-state index contributed by atoms with van der Waals surface area (Å²) in [5.74, 6) is -1.73. The van der Waals surface area contributed by atoms with Crippen molar-refractivity contribution in [2.45, 2.75) is 25.5 Å². The second-order valence-corrected chi connectivity index (χ2v) is 6.38. The average molecular weight is 408 g/mol. The van der Waals surface area contributed by atoms with Crippen LogP contribution in [0, 0.1) is 5.82 Å². The first-order valence-corrected chi connectivity index (χ1v) is 8.69. The van der Waals surface area contributed by atoms with Crippen molar-refractivity contribution in [3.05, 3.63) is 64.9 Å². The van der Waals surface area contributed by atoms with E-state index in [2.05, 4.69) is 10.6 Å². The van der Waals surface area contributed by atoms with Crippen molar-refractivity contribution in [1.29, 1.82) is 0 Å². The van der Waals surface area contributed by atoms with Gasteiger partial charge >= 0.3 is 12.0 Å². The van der Waals surface area contributed by atoms with Crippen molar-refractivity contribution in [3.63, 3.8) is 0 Å². The summed E-state index contributed by atoms with van der Waals surface area (Å²) in [7, 11) is 0. The number of carbonyl (C=O) groups excluding carboxylic acids is 3. The Kier molecular flexibility index (Phi) is 7.34. The van der Waals surface area contributed by atoms with E-state index in [0.717, 1.165) is 0 Å². The molecule has 7 nitrogen and oxygen atoms in total. The van der Waals surface area contributed by atoms with Crippen molar-refractivity contribution in [3.8, 4) is 0 Å². The predicted molar refractivity (Wildman–Crippen MR) is 102 cm³/mol. The summed E-state index contributed by atoms with van der Waals surface area (Å²) in [4.78, 5) is 35.6. The summed E-state index contributed by atoms with van der Waals surface area (Å²) in [6, 6.07) is 10.1. The number of ether oxygens (including phenoxy) is 1. The normalized spacial score (nSPS) is 12.5. The fourth-order valence-corrected chi connectivity index (χ4v) is 2.49. The number of amides is 3. The number of rotatable bonds is 7. The lowest BCUT2D eigenvalue weighted by Crippen LogP contribution is -2.36. The number of urea groups is 1. The number of esters is 1. The van der Waals surface area contributed by atoms with Crippen LogP contribution in [0.4, 0.5) is 14.9 Å². The van der Waals surface area contributed by atoms with Gasteiger partial charge in [-0.3, -0.25) is 9.59 Å². The Balaban J connectivity index is 1.96. The quantitative estimate of drug-likeness (QED) is 0.612. The van der Waals surface area contributed by atoms with E-state index in [4.69, 9.17) is 22.1 Å². The minimum atomic E-state index is -1.10. The van der Waals surface area contributed by atoms with Crippen LogP contribution in [0.1, 0.15) is 24.9 Å². The average Bonchev–Trinajstić information content (AvgIpc) is 2.63. The zero-order valence-corrected chi connectivity index (χ0v) is 15.7. The number of halogens is 2. The second-order valence-electron chi connectivity index (χ2n) is 5.95. The van der Waals surface area contributed by atoms with Crippen LogP contribution in [0.3, 0.4) is 0 Å². The molecule has 0 heterocycles. The van der Waals surface area contributed by atoms with Crippen molar-refractivity contribution in [1.82, 2.24) is 5.32 Å². The molecule has 0 saturated carbocycles. The van der Waals surface area contributed by atoms with Gasteiger partial charge in [-0.1, -0.05) is 23.7 Å². The fraction of sp³-hybridized carbons (Fsp3) is 0.211. The maximum absolute atomic E-state index is 12.9. The molecule has 0 unspecified atom stereocenters. The Morgan fingerprint density at radius 1 is 1.11 bits per heavy atom. The van der Waals surface area contributed by atoms with Gasteiger partial charge in [0.15, 0.2) is 6.10 Å². The summed E-state index contributed by atoms with van der Waals surface area (Å²) in [6.07, 6.45) is -1.34. The van der Waals surface area contributed by atoms with E-state index in [1.165, 1.54) is 31.2 Å². The first-order chi connectivity index (χ1) is 13.2. The van der Waals surface area contributed by atoms with Gasteiger partial charge in [-0.15, -0.1) is 0 Å². The lowest BCUT2D eigenvalue weighted by molar-refractivity contribution is -0.153. The van der Waals surface area contributed by atoms with Gasteiger partial charge in [-0.05, 0) is 48.9 Å². The highest BCUT2D eigenvalue weighted by Gasteiger charge is 2.23. The minimum absolute atomic E-state index is 0.237. The van der Waals surface area contributed by atoms with E-state index in [1.54, 1.807) is 24.3 Å². The molecule has 0 aliphatic rings. The summed E-state index contributed by atoms with van der Waals surface area (Å²) in [5, 5.41) is 5.46. The molecule has 0 spiro atoms. The van der Waals surface area contributed by atoms with E-state index in [-0.39, 0.29) is 6.42 Å². The molecule has 2 rings (SSSR count). The predicted octanol–water partition coefficient (Wildman–Crippen LogP) is 3.15. The Hall–Kier alpha value is -3.13. The second kappa shape index (κ2) is 9.70. The molecule has 0 bridgehead atoms. The molecule has 0 fully saturated rings. The summed E-state index contributed by atoms with van der Waals surface area (Å²) < 4.78 is 18.0. The van der Waals surface area contributed by atoms with Crippen LogP contribution in [0.25, 0.3) is 0 Å². The highest BCUT2D eigenvalue weighted by molar-refractivity contribution is 6.30. The largest absolute Gasteiger partial charge is 0.452 e. The first-order valence-electron chi connectivity index (χ1n) is 8.32. The monoisotopic (exact) mass is 407 g/mol. The van der Waals surface area contributed by atoms with Crippen LogP contribution in [0.5, 0.6) is 0 Å². The van der Waals surface area contributed by atoms with Crippen molar-refractivity contribution >= 4 is 35.2 Å². The SMILES string of the molecule is C[C@H](OC(=O)C[C@H](NC(N)=O)c1ccc(Cl)cc1)C(=O)Nc1ccc(F)cc1. The Labute approximate surface area is 166 Å². The van der Waals surface area contributed by atoms with Gasteiger partial charge in [-0.2, -0.15) is 0 Å². The zero-order chi connectivity index (χ0) is 20.7. The summed E-state index contributed by atoms with van der Waals surface area (Å²) in [5.41, 5.74) is 6.13. The van der Waals surface area contributed by atoms with Crippen molar-refractivity contribution in [2.75, 3.05) is 5.32 Å². The van der Waals surface area contributed by atoms with Gasteiger partial charge in [0.05, 0.1) is 12.5 Å². The topological polar surface area (TPSA) is 111 Å². The molecule has 4 N–H and O–H groups in total. The Bertz CT molecular complexity index is 843. The van der Waals surface area contributed by atoms with E-state index in [0.29, 0.717) is 16.3 Å². The van der Waals surface area contributed by atoms with E-state index < -0.39 is 35.9 Å². The van der Waals surface area contributed by atoms with Crippen molar-refractivity contribution < 1.29 is 23.5 Å². The fourth-order valence-electron chi connectivity index (χ4n) is 2.36. The molecule has 9 heteroatoms. The van der Waals surface area contributed by atoms with Crippen LogP contribution >= 0.6 is 11.6 Å². The minimum Gasteiger partial charge on any atom is -0.452 e. The van der Waals surface area contributed by atoms with Gasteiger partial charge in [0, 0.05) is 10.7 Å². The zero-order valence-electron chi connectivity index (χ0n) is 14.9. The number of benzene rings is 2. The number of anilines is 1. The van der Waals surface area contributed by atoms with Gasteiger partial charge in [0.2, 0.25) is 0 Å². The van der Waals surface area contributed by atoms with Crippen LogP contribution in [-0.4, -0.2) is 24.0 Å². The van der Waals surface area contributed by atoms with Gasteiger partial charge < -0.3 is 21.1 Å². The van der Waals surface area contributed by atoms with Gasteiger partial charge in [-0.25, -0.2) is 9.18 Å². The highest BCUT2D eigenvalue weighted by atomic mass is 35.5. The molecule has 0 aromatic heterocycles. The van der Waals surface area contributed by atoms with E-state index in [9.17, 15) is 18.8 Å². The molecule has 0 aliphatic heterocycles. The third-order valence-electron chi connectivity index (χ3n) is 3.75. The number of primary amides is 1. The van der Waals surface area contributed by atoms with Gasteiger partial charge in [0.25, 0.3) is 5.91 Å². The molecule has 0 aliphatic carbocycles. The van der Waals surface area contributed by atoms with Crippen LogP contribution in [0.2, 0.25) is 5.02 Å². The van der Waals surface area contributed by atoms with E-state index >= 15 is 0 Å². The van der Waals surface area contributed by atoms with Crippen LogP contribution in [0.15, 0.2) is 48.5 Å². The molecule has 2 aromatic rings. The number of nitrogens with two attached hydrogens (primary N) is 1. The summed E-state index contributed by atoms with van der Waals surface area (Å²) >= 11 is 5.84. The molecule has 148 valence electrons. The Morgan fingerprint density at radius 3 is 2.29 bits per heavy atom. The Morgan fingerprint density at radius 2 is 1.71 bits per heavy atom. The number of nitrogens with one attached hydrogen (secondary N) is 2. The number of hydrogen-bond donors (Lipinski definition) is 3. The van der Waals surface area contributed by atoms with Gasteiger partial charge in [0.1, 0.15) is 5.82 Å². The number of hydrogen-bond acceptors (Lipinski definition) is 4. The molecule has 3 amide bonds. The standard InChI is InChI=1S/C19H19ClFN3O4/c1-11(18(26)23-15-8-6-14(21)7-9-15)28-17(25)10-16(24-19(22)27)12-2-4-13(20)5-3-12/h2-9,11,16H,10H2,1H3,(H,23,26)(H3,22,24,27)/t11-,16-/m0/s1. The van der Waals surface area contributed by atoms with Crippen molar-refractivity contribution in [2.24, 2.45) is 5.73 Å². The maximum Gasteiger partial charge on any atom is 0.312 e. The number of carbonyl (C=O) groups is 3. The molecule has 0 saturated heterocycles. The lowest BCUT2D eigenvalue weighted by atomic mass is 10.0. The molecule has 28 heavy (non-hydrogen) atoms. The highest BCUT2D eigenvalue weighted by Crippen LogP contribution is 2.20. The van der Waals surface area contributed by atoms with Crippen LogP contribution in [-0.2, 0) is 14.3 Å². The lowest BCUT2D eigenvalue weighted by Gasteiger charge is -2.19. The molecular formula is C19H19ClFN3O4. The molecule has 2 atom stereocenters. The van der Waals surface area contributed by atoms with Crippen LogP contribution < -0.4 is 16.4 Å². The van der Waals surface area contributed by atoms with E-state index in [1.807, 2.05) is 0 Å². The molecule has 2 aromatic carbocycles. The maximum atomic E-state index is 12.9. The summed E-state index contributed by atoms with van der Waals surface area (Å²) in [6.45, 7) is 1.40. The smallest absolute Gasteiger partial charge is 0.312 e. The third kappa shape index (κ3) is 6.55. The molecular weight excluding hydrogens is 389 g/mol. The third-order valence-corrected chi connectivity index (χ3v) is 4.00.